The molecule has 1 aromatic carbocycles. The van der Waals surface area contributed by atoms with Crippen LogP contribution in [0.2, 0.25) is 0 Å². The van der Waals surface area contributed by atoms with Gasteiger partial charge in [0.25, 0.3) is 12.0 Å². The third kappa shape index (κ3) is 8.86. The van der Waals surface area contributed by atoms with Gasteiger partial charge in [0.15, 0.2) is 17.7 Å². The number of carbonyl (C=O) groups excluding carboxylic acids is 1. The Kier molecular flexibility index (Phi) is 11.8. The number of nitrogens with zero attached hydrogens (tertiary/aromatic N) is 4. The number of aldehydes is 1. The number of rotatable bonds is 10. The fourth-order valence-electron chi connectivity index (χ4n) is 3.48. The lowest BCUT2D eigenvalue weighted by Gasteiger charge is -2.21. The Morgan fingerprint density at radius 1 is 1.12 bits per heavy atom. The summed E-state index contributed by atoms with van der Waals surface area (Å²) in [7, 11) is 1.91. The third-order valence-electron chi connectivity index (χ3n) is 5.99. The van der Waals surface area contributed by atoms with Crippen molar-refractivity contribution in [2.75, 3.05) is 19.3 Å². The number of benzene rings is 1. The average Bonchev–Trinajstić information content (AvgIpc) is 2.91. The number of aromatic amines is 1. The van der Waals surface area contributed by atoms with Gasteiger partial charge in [-0.3, -0.25) is 9.59 Å². The van der Waals surface area contributed by atoms with E-state index in [0.29, 0.717) is 11.8 Å². The maximum absolute atomic E-state index is 14.5. The van der Waals surface area contributed by atoms with Gasteiger partial charge in [-0.1, -0.05) is 19.8 Å². The molecule has 2 heterocycles. The van der Waals surface area contributed by atoms with E-state index in [9.17, 15) is 41.0 Å². The minimum atomic E-state index is -4.74. The van der Waals surface area contributed by atoms with Crippen molar-refractivity contribution in [2.45, 2.75) is 51.3 Å². The highest BCUT2D eigenvalue weighted by atomic mass is 19.4. The van der Waals surface area contributed by atoms with Crippen LogP contribution in [-0.4, -0.2) is 56.5 Å². The summed E-state index contributed by atoms with van der Waals surface area (Å²) < 4.78 is 76.4. The van der Waals surface area contributed by atoms with Gasteiger partial charge < -0.3 is 15.7 Å². The van der Waals surface area contributed by atoms with Crippen LogP contribution >= 0.6 is 0 Å². The van der Waals surface area contributed by atoms with Gasteiger partial charge in [0, 0.05) is 37.1 Å². The highest BCUT2D eigenvalue weighted by Gasteiger charge is 2.36. The molecule has 3 aromatic rings. The number of H-pyrrole nitrogens is 1. The first kappa shape index (κ1) is 33.9. The molecule has 1 atom stereocenters. The molecule has 0 saturated carbocycles. The molecular weight excluding hydrogens is 570 g/mol. The number of hydrogen-bond acceptors (Lipinski definition) is 8. The fourth-order valence-corrected chi connectivity index (χ4v) is 3.48. The van der Waals surface area contributed by atoms with Crippen LogP contribution in [-0.2, 0) is 11.8 Å². The van der Waals surface area contributed by atoms with Crippen molar-refractivity contribution in [1.29, 1.82) is 0 Å². The molecule has 2 aromatic heterocycles. The Morgan fingerprint density at radius 3 is 2.26 bits per heavy atom. The van der Waals surface area contributed by atoms with Crippen LogP contribution < -0.4 is 11.3 Å². The number of halogens is 6. The normalized spacial score (nSPS) is 13.0. The highest BCUT2D eigenvalue weighted by molar-refractivity contribution is 5.84. The van der Waals surface area contributed by atoms with Crippen molar-refractivity contribution >= 4 is 18.0 Å². The van der Waals surface area contributed by atoms with Gasteiger partial charge in [-0.2, -0.15) is 18.3 Å². The molecule has 0 aliphatic carbocycles. The van der Waals surface area contributed by atoms with Crippen LogP contribution in [0.1, 0.15) is 60.2 Å². The smallest absolute Gasteiger partial charge is 0.397 e. The number of nitrogen functional groups attached to an aromatic ring is 1. The summed E-state index contributed by atoms with van der Waals surface area (Å²) in [5.41, 5.74) is -0.414. The fraction of sp³-hybridized carbons (Fsp3) is 0.370. The molecule has 42 heavy (non-hydrogen) atoms. The summed E-state index contributed by atoms with van der Waals surface area (Å²) in [5.74, 6) is -0.747. The number of anilines is 1. The van der Waals surface area contributed by atoms with Gasteiger partial charge in [-0.15, -0.1) is 0 Å². The van der Waals surface area contributed by atoms with Crippen LogP contribution in [0, 0.1) is 5.82 Å². The first-order chi connectivity index (χ1) is 19.6. The summed E-state index contributed by atoms with van der Waals surface area (Å²) in [5, 5.41) is 14.6. The van der Waals surface area contributed by atoms with E-state index >= 15 is 0 Å². The minimum Gasteiger partial charge on any atom is -0.397 e. The van der Waals surface area contributed by atoms with E-state index in [0.717, 1.165) is 57.4 Å². The van der Waals surface area contributed by atoms with Crippen molar-refractivity contribution in [3.8, 4) is 11.4 Å². The van der Waals surface area contributed by atoms with Gasteiger partial charge in [0.1, 0.15) is 11.4 Å². The predicted molar refractivity (Wildman–Crippen MR) is 144 cm³/mol. The van der Waals surface area contributed by atoms with Crippen molar-refractivity contribution in [2.24, 2.45) is 0 Å². The zero-order valence-electron chi connectivity index (χ0n) is 22.9. The van der Waals surface area contributed by atoms with Gasteiger partial charge in [0.2, 0.25) is 0 Å². The second kappa shape index (κ2) is 14.6. The van der Waals surface area contributed by atoms with Crippen LogP contribution in [0.15, 0.2) is 41.7 Å². The molecule has 0 aliphatic rings. The summed E-state index contributed by atoms with van der Waals surface area (Å²) >= 11 is 0. The number of hydrogen-bond donors (Lipinski definition) is 3. The molecule has 3 rings (SSSR count). The van der Waals surface area contributed by atoms with Crippen LogP contribution in [0.3, 0.4) is 0 Å². The number of unbranched alkanes of at least 4 members (excludes halogenated alkanes) is 2. The predicted octanol–water partition coefficient (Wildman–Crippen LogP) is 5.03. The minimum absolute atomic E-state index is 0.0251. The average molecular weight is 601 g/mol. The van der Waals surface area contributed by atoms with Crippen LogP contribution in [0.4, 0.5) is 32.0 Å². The number of carbonyl (C=O) groups is 1. The van der Waals surface area contributed by atoms with Gasteiger partial charge in [0.05, 0.1) is 17.4 Å². The summed E-state index contributed by atoms with van der Waals surface area (Å²) in [4.78, 5) is 31.8. The maximum atomic E-state index is 14.5. The van der Waals surface area contributed by atoms with Gasteiger partial charge in [-0.25, -0.2) is 28.2 Å². The van der Waals surface area contributed by atoms with Gasteiger partial charge >= 0.3 is 6.18 Å². The molecule has 228 valence electrons. The zero-order chi connectivity index (χ0) is 31.7. The summed E-state index contributed by atoms with van der Waals surface area (Å²) in [6.07, 6.45) is 2.40. The topological polar surface area (TPSA) is 138 Å². The van der Waals surface area contributed by atoms with Crippen molar-refractivity contribution < 1.29 is 36.2 Å². The monoisotopic (exact) mass is 600 g/mol. The Labute approximate surface area is 237 Å². The van der Waals surface area contributed by atoms with Crippen LogP contribution in [0.5, 0.6) is 0 Å². The highest BCUT2D eigenvalue weighted by Crippen LogP contribution is 2.30. The molecule has 0 fully saturated rings. The molecule has 0 radical (unpaired) electrons. The Bertz CT molecular complexity index is 1430. The quantitative estimate of drug-likeness (QED) is 0.167. The molecule has 0 spiro atoms. The Morgan fingerprint density at radius 2 is 1.76 bits per heavy atom. The maximum Gasteiger partial charge on any atom is 0.423 e. The van der Waals surface area contributed by atoms with E-state index in [1.54, 1.807) is 11.2 Å². The van der Waals surface area contributed by atoms with E-state index in [1.165, 1.54) is 6.07 Å². The SMILES string of the molecule is CCCCCN(C)/C=C\c1cc(-c2ncc([C@](C)(O)C(F)F)cn2)c(F)cc1C=O.Nc1cn[nH]c(=O)c1C(F)(F)F. The molecule has 4 N–H and O–H groups in total. The summed E-state index contributed by atoms with van der Waals surface area (Å²) in [6, 6.07) is 2.53. The molecule has 0 amide bonds. The molecule has 15 heteroatoms. The molecular formula is C27H30F6N6O3. The first-order valence-electron chi connectivity index (χ1n) is 12.5. The second-order valence-electron chi connectivity index (χ2n) is 9.35. The van der Waals surface area contributed by atoms with Crippen molar-refractivity contribution in [3.05, 3.63) is 75.3 Å². The molecule has 9 nitrogen and oxygen atoms in total. The van der Waals surface area contributed by atoms with Gasteiger partial charge in [-0.05, 0) is 43.3 Å². The molecule has 0 unspecified atom stereocenters. The lowest BCUT2D eigenvalue weighted by molar-refractivity contribution is -0.138. The molecule has 0 saturated heterocycles. The summed E-state index contributed by atoms with van der Waals surface area (Å²) in [6.45, 7) is 3.92. The molecule has 0 aliphatic heterocycles. The van der Waals surface area contributed by atoms with E-state index < -0.39 is 40.8 Å². The number of aliphatic hydroxyl groups is 1. The number of aromatic nitrogens is 4. The largest absolute Gasteiger partial charge is 0.423 e. The first-order valence-corrected chi connectivity index (χ1v) is 12.5. The van der Waals surface area contributed by atoms with Crippen molar-refractivity contribution in [3.63, 3.8) is 0 Å². The zero-order valence-corrected chi connectivity index (χ0v) is 22.9. The Hall–Kier alpha value is -4.27. The number of alkyl halides is 5. The van der Waals surface area contributed by atoms with Crippen LogP contribution in [0.25, 0.3) is 17.5 Å². The van der Waals surface area contributed by atoms with E-state index in [-0.39, 0.29) is 22.5 Å². The second-order valence-corrected chi connectivity index (χ2v) is 9.35. The standard InChI is InChI=1S/C22H26F3N3O2.C5H4F3N3O/c1-4-5-6-8-28(3)9-7-15-10-18(19(23)11-16(15)14-29)20-26-12-17(13-27-20)22(2,30)21(24)25;6-5(7,8)3-2(9)1-10-11-4(3)12/h7,9-14,21,30H,4-6,8H2,1-3H3;1H,(H3,9,11,12)/b9-7-;/t22-;/m0./s1. The van der Waals surface area contributed by atoms with E-state index in [1.807, 2.05) is 18.1 Å². The Balaban J connectivity index is 0.000000428. The third-order valence-corrected chi connectivity index (χ3v) is 5.99. The molecule has 0 bridgehead atoms. The number of nitrogens with one attached hydrogen (secondary N) is 1. The number of nitrogens with two attached hydrogens (primary N) is 1. The lowest BCUT2D eigenvalue weighted by Crippen LogP contribution is -2.30. The lowest BCUT2D eigenvalue weighted by atomic mass is 9.99. The van der Waals surface area contributed by atoms with Crippen molar-refractivity contribution in [1.82, 2.24) is 25.1 Å². The van der Waals surface area contributed by atoms with E-state index in [4.69, 9.17) is 5.73 Å². The van der Waals surface area contributed by atoms with E-state index in [2.05, 4.69) is 22.0 Å².